The Labute approximate surface area is 68.4 Å². The lowest BCUT2D eigenvalue weighted by atomic mass is 10.2. The first kappa shape index (κ1) is 6.91. The third-order valence-corrected chi connectivity index (χ3v) is 1.62. The second-order valence-electron chi connectivity index (χ2n) is 2.42. The molecular weight excluding hydrogens is 154 g/mol. The van der Waals surface area contributed by atoms with Crippen LogP contribution in [-0.4, -0.2) is 0 Å². The molecule has 1 radical (unpaired) electrons. The van der Waals surface area contributed by atoms with Gasteiger partial charge in [0.2, 0.25) is 0 Å². The Balaban J connectivity index is 2.99. The molecule has 0 unspecified atom stereocenters. The van der Waals surface area contributed by atoms with Crippen LogP contribution in [0, 0.1) is 6.07 Å². The maximum atomic E-state index is 10.8. The molecular formula is C9H6NO2. The average Bonchev–Trinajstić information content (AvgIpc) is 2.04. The smallest absolute Gasteiger partial charge is 0.346 e. The van der Waals surface area contributed by atoms with Crippen LogP contribution in [0.15, 0.2) is 33.5 Å². The van der Waals surface area contributed by atoms with Crippen LogP contribution in [0.3, 0.4) is 0 Å². The van der Waals surface area contributed by atoms with Gasteiger partial charge in [0, 0.05) is 5.39 Å². The number of rotatable bonds is 0. The van der Waals surface area contributed by atoms with E-state index in [2.05, 4.69) is 6.07 Å². The van der Waals surface area contributed by atoms with Gasteiger partial charge in [-0.2, -0.15) is 0 Å². The molecule has 3 nitrogen and oxygen atoms in total. The molecule has 1 aromatic carbocycles. The second kappa shape index (κ2) is 2.37. The van der Waals surface area contributed by atoms with Gasteiger partial charge in [-0.25, -0.2) is 4.79 Å². The van der Waals surface area contributed by atoms with E-state index in [0.717, 1.165) is 5.39 Å². The lowest BCUT2D eigenvalue weighted by molar-refractivity contribution is 0.560. The van der Waals surface area contributed by atoms with Gasteiger partial charge in [-0.05, 0) is 12.1 Å². The van der Waals surface area contributed by atoms with E-state index in [9.17, 15) is 4.79 Å². The number of hydrogen-bond acceptors (Lipinski definition) is 3. The molecule has 1 heterocycles. The van der Waals surface area contributed by atoms with E-state index in [4.69, 9.17) is 10.2 Å². The first-order chi connectivity index (χ1) is 5.77. The van der Waals surface area contributed by atoms with E-state index >= 15 is 0 Å². The van der Waals surface area contributed by atoms with Gasteiger partial charge in [0.05, 0.1) is 5.69 Å². The number of nitrogens with two attached hydrogens (primary N) is 1. The average molecular weight is 160 g/mol. The van der Waals surface area contributed by atoms with Gasteiger partial charge in [-0.3, -0.25) is 0 Å². The maximum absolute atomic E-state index is 10.8. The molecule has 0 aliphatic carbocycles. The predicted octanol–water partition coefficient (Wildman–Crippen LogP) is 1.18. The van der Waals surface area contributed by atoms with Gasteiger partial charge in [0.25, 0.3) is 0 Å². The van der Waals surface area contributed by atoms with Crippen LogP contribution in [0.4, 0.5) is 5.69 Å². The minimum absolute atomic E-state index is 0.335. The molecule has 0 amide bonds. The topological polar surface area (TPSA) is 56.2 Å². The zero-order valence-electron chi connectivity index (χ0n) is 6.20. The van der Waals surface area contributed by atoms with Crippen LogP contribution in [-0.2, 0) is 0 Å². The standard InChI is InChI=1S/C9H6NO2/c10-7-5-9(11)12-8-4-2-1-3-6(7)8/h1-4H,10H2. The Hall–Kier alpha value is -1.77. The molecule has 0 fully saturated rings. The van der Waals surface area contributed by atoms with Crippen molar-refractivity contribution in [1.29, 1.82) is 0 Å². The summed E-state index contributed by atoms with van der Waals surface area (Å²) in [5, 5.41) is 0.720. The van der Waals surface area contributed by atoms with E-state index in [0.29, 0.717) is 11.3 Å². The van der Waals surface area contributed by atoms with Gasteiger partial charge in [0.15, 0.2) is 0 Å². The van der Waals surface area contributed by atoms with E-state index in [-0.39, 0.29) is 0 Å². The minimum atomic E-state index is -0.536. The first-order valence-corrected chi connectivity index (χ1v) is 3.48. The van der Waals surface area contributed by atoms with Gasteiger partial charge < -0.3 is 10.2 Å². The van der Waals surface area contributed by atoms with Crippen molar-refractivity contribution in [2.24, 2.45) is 0 Å². The highest BCUT2D eigenvalue weighted by Crippen LogP contribution is 2.16. The molecule has 2 N–H and O–H groups in total. The van der Waals surface area contributed by atoms with Crippen molar-refractivity contribution in [2.75, 3.05) is 5.73 Å². The summed E-state index contributed by atoms with van der Waals surface area (Å²) in [4.78, 5) is 10.8. The molecule has 0 aliphatic rings. The van der Waals surface area contributed by atoms with Crippen LogP contribution >= 0.6 is 0 Å². The Bertz CT molecular complexity index is 473. The SMILES string of the molecule is Nc1[c]c(=O)oc2ccccc12. The molecule has 0 spiro atoms. The monoisotopic (exact) mass is 160 g/mol. The number of fused-ring (bicyclic) bond motifs is 1. The largest absolute Gasteiger partial charge is 0.422 e. The molecule has 0 aliphatic heterocycles. The highest BCUT2D eigenvalue weighted by molar-refractivity contribution is 5.87. The summed E-state index contributed by atoms with van der Waals surface area (Å²) in [6, 6.07) is 9.45. The summed E-state index contributed by atoms with van der Waals surface area (Å²) in [5.41, 5.74) is 5.84. The van der Waals surface area contributed by atoms with E-state index in [1.54, 1.807) is 18.2 Å². The number of anilines is 1. The Morgan fingerprint density at radius 3 is 2.92 bits per heavy atom. The minimum Gasteiger partial charge on any atom is -0.422 e. The third-order valence-electron chi connectivity index (χ3n) is 1.62. The van der Waals surface area contributed by atoms with Crippen molar-refractivity contribution in [2.45, 2.75) is 0 Å². The number of benzene rings is 1. The zero-order chi connectivity index (χ0) is 8.55. The fourth-order valence-electron chi connectivity index (χ4n) is 1.08. The molecule has 1 aromatic heterocycles. The molecule has 2 rings (SSSR count). The molecule has 3 heteroatoms. The summed E-state index contributed by atoms with van der Waals surface area (Å²) >= 11 is 0. The summed E-state index contributed by atoms with van der Waals surface area (Å²) in [7, 11) is 0. The fraction of sp³-hybridized carbons (Fsp3) is 0. The highest BCUT2D eigenvalue weighted by Gasteiger charge is 2.00. The van der Waals surface area contributed by atoms with Crippen LogP contribution in [0.25, 0.3) is 11.0 Å². The number of para-hydroxylation sites is 1. The Morgan fingerprint density at radius 2 is 2.08 bits per heavy atom. The molecule has 0 bridgehead atoms. The summed E-state index contributed by atoms with van der Waals surface area (Å²) in [5.74, 6) is 0. The van der Waals surface area contributed by atoms with Gasteiger partial charge >= 0.3 is 5.63 Å². The van der Waals surface area contributed by atoms with Crippen molar-refractivity contribution >= 4 is 16.7 Å². The lowest BCUT2D eigenvalue weighted by Gasteiger charge is -1.96. The predicted molar refractivity (Wildman–Crippen MR) is 45.7 cm³/mol. The van der Waals surface area contributed by atoms with Crippen LogP contribution in [0.1, 0.15) is 0 Å². The molecule has 0 saturated carbocycles. The van der Waals surface area contributed by atoms with Crippen LogP contribution in [0.2, 0.25) is 0 Å². The highest BCUT2D eigenvalue weighted by atomic mass is 16.4. The van der Waals surface area contributed by atoms with Crippen molar-refractivity contribution in [3.8, 4) is 0 Å². The number of hydrogen-bond donors (Lipinski definition) is 1. The van der Waals surface area contributed by atoms with Gasteiger partial charge in [-0.1, -0.05) is 12.1 Å². The molecule has 0 saturated heterocycles. The molecule has 2 aromatic rings. The quantitative estimate of drug-likeness (QED) is 0.588. The Kier molecular flexibility index (Phi) is 1.37. The van der Waals surface area contributed by atoms with Crippen LogP contribution < -0.4 is 11.4 Å². The number of nitrogen functional groups attached to an aromatic ring is 1. The van der Waals surface area contributed by atoms with Gasteiger partial charge in [-0.15, -0.1) is 0 Å². The molecule has 0 atom stereocenters. The van der Waals surface area contributed by atoms with Crippen molar-refractivity contribution in [1.82, 2.24) is 0 Å². The molecule has 12 heavy (non-hydrogen) atoms. The summed E-state index contributed by atoms with van der Waals surface area (Å²) in [6.45, 7) is 0. The molecule has 59 valence electrons. The lowest BCUT2D eigenvalue weighted by Crippen LogP contribution is -2.00. The Morgan fingerprint density at radius 1 is 1.33 bits per heavy atom. The first-order valence-electron chi connectivity index (χ1n) is 3.48. The van der Waals surface area contributed by atoms with Crippen LogP contribution in [0.5, 0.6) is 0 Å². The summed E-state index contributed by atoms with van der Waals surface area (Å²) in [6.07, 6.45) is 0. The second-order valence-corrected chi connectivity index (χ2v) is 2.42. The maximum Gasteiger partial charge on any atom is 0.346 e. The van der Waals surface area contributed by atoms with Gasteiger partial charge in [0.1, 0.15) is 11.6 Å². The van der Waals surface area contributed by atoms with Crippen molar-refractivity contribution in [3.05, 3.63) is 40.8 Å². The summed E-state index contributed by atoms with van der Waals surface area (Å²) < 4.78 is 4.85. The van der Waals surface area contributed by atoms with E-state index < -0.39 is 5.63 Å². The van der Waals surface area contributed by atoms with E-state index in [1.807, 2.05) is 6.07 Å². The fourth-order valence-corrected chi connectivity index (χ4v) is 1.08. The van der Waals surface area contributed by atoms with Crippen molar-refractivity contribution in [3.63, 3.8) is 0 Å². The zero-order valence-corrected chi connectivity index (χ0v) is 6.20. The third kappa shape index (κ3) is 0.955. The normalized spacial score (nSPS) is 10.3. The van der Waals surface area contributed by atoms with E-state index in [1.165, 1.54) is 0 Å². The van der Waals surface area contributed by atoms with Crippen molar-refractivity contribution < 1.29 is 4.42 Å².